The van der Waals surface area contributed by atoms with Crippen molar-refractivity contribution < 1.29 is 9.59 Å². The van der Waals surface area contributed by atoms with E-state index in [4.69, 9.17) is 0 Å². The van der Waals surface area contributed by atoms with Crippen LogP contribution < -0.4 is 0 Å². The standard InChI is InChI=1S/C14H24N2O2/c1-11-5-6-14(9-11)10-12(17)16(13(14)18)8-4-7-15(2)3/h11H,4-10H2,1-3H3/t11-,14-/m1/s1. The molecule has 0 unspecified atom stereocenters. The van der Waals surface area contributed by atoms with Crippen molar-refractivity contribution in [2.45, 2.75) is 39.0 Å². The quantitative estimate of drug-likeness (QED) is 0.712. The van der Waals surface area contributed by atoms with Gasteiger partial charge in [-0.25, -0.2) is 0 Å². The molecule has 0 aromatic rings. The first-order valence-corrected chi connectivity index (χ1v) is 6.94. The summed E-state index contributed by atoms with van der Waals surface area (Å²) in [7, 11) is 4.02. The van der Waals surface area contributed by atoms with E-state index < -0.39 is 0 Å². The first kappa shape index (κ1) is 13.5. The lowest BCUT2D eigenvalue weighted by atomic mass is 9.84. The molecule has 2 amide bonds. The zero-order chi connectivity index (χ0) is 13.3. The van der Waals surface area contributed by atoms with Gasteiger partial charge in [0, 0.05) is 13.0 Å². The molecular formula is C14H24N2O2. The third-order valence-electron chi connectivity index (χ3n) is 4.33. The predicted molar refractivity (Wildman–Crippen MR) is 70.0 cm³/mol. The molecule has 4 nitrogen and oxygen atoms in total. The van der Waals surface area contributed by atoms with Gasteiger partial charge in [0.1, 0.15) is 0 Å². The van der Waals surface area contributed by atoms with Gasteiger partial charge in [0.25, 0.3) is 0 Å². The molecule has 2 aliphatic rings. The second-order valence-corrected chi connectivity index (χ2v) is 6.31. The minimum atomic E-state index is -0.325. The van der Waals surface area contributed by atoms with Crippen molar-refractivity contribution in [3.05, 3.63) is 0 Å². The predicted octanol–water partition coefficient (Wildman–Crippen LogP) is 1.50. The zero-order valence-corrected chi connectivity index (χ0v) is 11.7. The molecule has 2 fully saturated rings. The van der Waals surface area contributed by atoms with Crippen molar-refractivity contribution in [2.75, 3.05) is 27.2 Å². The monoisotopic (exact) mass is 252 g/mol. The molecule has 0 radical (unpaired) electrons. The van der Waals surface area contributed by atoms with Crippen molar-refractivity contribution >= 4 is 11.8 Å². The number of rotatable bonds is 4. The summed E-state index contributed by atoms with van der Waals surface area (Å²) >= 11 is 0. The van der Waals surface area contributed by atoms with Gasteiger partial charge in [-0.05, 0) is 52.2 Å². The highest BCUT2D eigenvalue weighted by molar-refractivity contribution is 6.06. The number of hydrogen-bond donors (Lipinski definition) is 0. The molecule has 1 saturated heterocycles. The van der Waals surface area contributed by atoms with Gasteiger partial charge >= 0.3 is 0 Å². The summed E-state index contributed by atoms with van der Waals surface area (Å²) in [5, 5.41) is 0. The number of carbonyl (C=O) groups is 2. The van der Waals surface area contributed by atoms with Crippen LogP contribution in [0.4, 0.5) is 0 Å². The molecule has 0 aromatic carbocycles. The van der Waals surface area contributed by atoms with Crippen molar-refractivity contribution in [3.63, 3.8) is 0 Å². The third kappa shape index (κ3) is 2.44. The molecule has 4 heteroatoms. The summed E-state index contributed by atoms with van der Waals surface area (Å²) in [6, 6.07) is 0. The molecule has 0 bridgehead atoms. The molecule has 0 aromatic heterocycles. The fourth-order valence-corrected chi connectivity index (χ4v) is 3.38. The van der Waals surface area contributed by atoms with Gasteiger partial charge < -0.3 is 4.90 Å². The summed E-state index contributed by atoms with van der Waals surface area (Å²) in [6.45, 7) is 3.69. The molecule has 0 N–H and O–H groups in total. The van der Waals surface area contributed by atoms with Crippen molar-refractivity contribution in [1.82, 2.24) is 9.80 Å². The van der Waals surface area contributed by atoms with Crippen LogP contribution in [-0.4, -0.2) is 48.8 Å². The van der Waals surface area contributed by atoms with Crippen LogP contribution in [0.2, 0.25) is 0 Å². The Balaban J connectivity index is 1.97. The van der Waals surface area contributed by atoms with Crippen LogP contribution in [0.15, 0.2) is 0 Å². The molecule has 18 heavy (non-hydrogen) atoms. The lowest BCUT2D eigenvalue weighted by Gasteiger charge is -2.21. The first-order valence-electron chi connectivity index (χ1n) is 6.94. The Labute approximate surface area is 109 Å². The van der Waals surface area contributed by atoms with Crippen molar-refractivity contribution in [1.29, 1.82) is 0 Å². The lowest BCUT2D eigenvalue weighted by Crippen LogP contribution is -2.36. The van der Waals surface area contributed by atoms with Crippen molar-refractivity contribution in [3.8, 4) is 0 Å². The minimum Gasteiger partial charge on any atom is -0.309 e. The van der Waals surface area contributed by atoms with E-state index in [0.717, 1.165) is 32.2 Å². The van der Waals surface area contributed by atoms with Gasteiger partial charge in [0.15, 0.2) is 0 Å². The van der Waals surface area contributed by atoms with Gasteiger partial charge in [-0.2, -0.15) is 0 Å². The normalized spacial score (nSPS) is 32.2. The highest BCUT2D eigenvalue weighted by atomic mass is 16.2. The summed E-state index contributed by atoms with van der Waals surface area (Å²) in [5.74, 6) is 0.743. The Hall–Kier alpha value is -0.900. The molecule has 1 heterocycles. The largest absolute Gasteiger partial charge is 0.309 e. The SMILES string of the molecule is C[C@@H]1CC[C@]2(CC(=O)N(CCCN(C)C)C2=O)C1. The fraction of sp³-hybridized carbons (Fsp3) is 0.857. The van der Waals surface area contributed by atoms with E-state index in [-0.39, 0.29) is 17.2 Å². The lowest BCUT2D eigenvalue weighted by molar-refractivity contribution is -0.141. The molecule has 102 valence electrons. The number of likely N-dealkylation sites (tertiary alicyclic amines) is 1. The number of hydrogen-bond acceptors (Lipinski definition) is 3. The van der Waals surface area contributed by atoms with Crippen LogP contribution in [0.3, 0.4) is 0 Å². The number of carbonyl (C=O) groups excluding carboxylic acids is 2. The van der Waals surface area contributed by atoms with Crippen LogP contribution >= 0.6 is 0 Å². The average molecular weight is 252 g/mol. The van der Waals surface area contributed by atoms with Crippen LogP contribution in [0.1, 0.15) is 39.0 Å². The van der Waals surface area contributed by atoms with E-state index >= 15 is 0 Å². The van der Waals surface area contributed by atoms with Gasteiger partial charge in [0.05, 0.1) is 5.41 Å². The molecule has 1 spiro atoms. The highest BCUT2D eigenvalue weighted by Gasteiger charge is 2.53. The summed E-state index contributed by atoms with van der Waals surface area (Å²) in [6.07, 6.45) is 4.23. The topological polar surface area (TPSA) is 40.6 Å². The summed E-state index contributed by atoms with van der Waals surface area (Å²) in [4.78, 5) is 28.1. The Morgan fingerprint density at radius 2 is 2.11 bits per heavy atom. The smallest absolute Gasteiger partial charge is 0.235 e. The maximum absolute atomic E-state index is 12.5. The van der Waals surface area contributed by atoms with E-state index in [1.54, 1.807) is 0 Å². The van der Waals surface area contributed by atoms with Gasteiger partial charge in [-0.15, -0.1) is 0 Å². The van der Waals surface area contributed by atoms with Gasteiger partial charge in [-0.1, -0.05) is 6.92 Å². The third-order valence-corrected chi connectivity index (χ3v) is 4.33. The zero-order valence-electron chi connectivity index (χ0n) is 11.7. The van der Waals surface area contributed by atoms with Crippen LogP contribution in [0.5, 0.6) is 0 Å². The Morgan fingerprint density at radius 1 is 1.39 bits per heavy atom. The second-order valence-electron chi connectivity index (χ2n) is 6.31. The van der Waals surface area contributed by atoms with Gasteiger partial charge in [0.2, 0.25) is 11.8 Å². The maximum Gasteiger partial charge on any atom is 0.235 e. The number of imide groups is 1. The van der Waals surface area contributed by atoms with E-state index in [1.165, 1.54) is 4.90 Å². The highest BCUT2D eigenvalue weighted by Crippen LogP contribution is 2.49. The molecule has 1 aliphatic carbocycles. The van der Waals surface area contributed by atoms with E-state index in [9.17, 15) is 9.59 Å². The van der Waals surface area contributed by atoms with E-state index in [2.05, 4.69) is 11.8 Å². The molecule has 1 saturated carbocycles. The minimum absolute atomic E-state index is 0.0489. The number of nitrogens with zero attached hydrogens (tertiary/aromatic N) is 2. The Kier molecular flexibility index (Phi) is 3.76. The molecule has 2 atom stereocenters. The van der Waals surface area contributed by atoms with Crippen molar-refractivity contribution in [2.24, 2.45) is 11.3 Å². The fourth-order valence-electron chi connectivity index (χ4n) is 3.38. The maximum atomic E-state index is 12.5. The number of amides is 2. The molecular weight excluding hydrogens is 228 g/mol. The Bertz CT molecular complexity index is 354. The van der Waals surface area contributed by atoms with E-state index in [0.29, 0.717) is 18.9 Å². The average Bonchev–Trinajstić information content (AvgIpc) is 2.74. The first-order chi connectivity index (χ1) is 8.44. The van der Waals surface area contributed by atoms with Gasteiger partial charge in [-0.3, -0.25) is 14.5 Å². The van der Waals surface area contributed by atoms with E-state index in [1.807, 2.05) is 14.1 Å². The summed E-state index contributed by atoms with van der Waals surface area (Å²) in [5.41, 5.74) is -0.325. The summed E-state index contributed by atoms with van der Waals surface area (Å²) < 4.78 is 0. The molecule has 2 rings (SSSR count). The second kappa shape index (κ2) is 5.00. The Morgan fingerprint density at radius 3 is 2.67 bits per heavy atom. The molecule has 1 aliphatic heterocycles. The van der Waals surface area contributed by atoms with Crippen LogP contribution in [0.25, 0.3) is 0 Å². The van der Waals surface area contributed by atoms with Crippen LogP contribution in [0, 0.1) is 11.3 Å². The van der Waals surface area contributed by atoms with Crippen LogP contribution in [-0.2, 0) is 9.59 Å².